The number of sulfonamides is 1. The van der Waals surface area contributed by atoms with Gasteiger partial charge in [0.15, 0.2) is 5.78 Å². The predicted octanol–water partition coefficient (Wildman–Crippen LogP) is 0.966. The van der Waals surface area contributed by atoms with E-state index in [1.807, 2.05) is 0 Å². The Balaban J connectivity index is 1.55. The van der Waals surface area contributed by atoms with E-state index in [-0.39, 0.29) is 94.3 Å². The number of carboxylic acid groups (broad SMARTS) is 2. The topological polar surface area (TPSA) is 226 Å². The Labute approximate surface area is 260 Å². The maximum atomic E-state index is 12.6. The minimum atomic E-state index is -3.97. The number of nitrogens with one attached hydrogen (secondary N) is 2. The lowest BCUT2D eigenvalue weighted by Gasteiger charge is -2.10. The summed E-state index contributed by atoms with van der Waals surface area (Å²) in [6.07, 6.45) is 1.83. The van der Waals surface area contributed by atoms with Gasteiger partial charge in [0.05, 0.1) is 56.5 Å². The monoisotopic (exact) mass is 655 g/mol. The molecule has 0 aliphatic carbocycles. The molecule has 45 heavy (non-hydrogen) atoms. The van der Waals surface area contributed by atoms with E-state index in [1.165, 1.54) is 42.6 Å². The quantitative estimate of drug-likeness (QED) is 0.109. The van der Waals surface area contributed by atoms with Crippen molar-refractivity contribution < 1.29 is 61.5 Å². The molecule has 0 fully saturated rings. The van der Waals surface area contributed by atoms with Gasteiger partial charge in [0.25, 0.3) is 15.9 Å². The van der Waals surface area contributed by atoms with E-state index >= 15 is 0 Å². The molecule has 0 aliphatic rings. The van der Waals surface area contributed by atoms with E-state index < -0.39 is 27.9 Å². The van der Waals surface area contributed by atoms with Crippen LogP contribution < -0.4 is 14.8 Å². The molecule has 16 nitrogen and oxygen atoms in total. The standard InChI is InChI=1S/C28H37N3O13S/c32-22(2-1-11-40-14-17-43-20-27(35)36)19-42-16-15-41-13-10-29-28(37)21-3-8-25(30-18-21)31-45(38,39)24-6-4-23(5-7-24)44-12-9-26(33)34/h3-8,18H,1-2,9-17,19-20H2,(H,29,37)(H,30,31)(H,33,34)(H,35,36). The fourth-order valence-electron chi connectivity index (χ4n) is 3.32. The van der Waals surface area contributed by atoms with Gasteiger partial charge in [-0.1, -0.05) is 0 Å². The number of nitrogens with zero attached hydrogens (tertiary/aromatic N) is 1. The van der Waals surface area contributed by atoms with Crippen LogP contribution in [0.15, 0.2) is 47.5 Å². The summed E-state index contributed by atoms with van der Waals surface area (Å²) in [4.78, 5) is 48.9. The molecular formula is C28H37N3O13S. The third kappa shape index (κ3) is 16.5. The van der Waals surface area contributed by atoms with E-state index in [1.54, 1.807) is 0 Å². The van der Waals surface area contributed by atoms with E-state index in [9.17, 15) is 27.6 Å². The van der Waals surface area contributed by atoms with Crippen LogP contribution in [0.3, 0.4) is 0 Å². The van der Waals surface area contributed by atoms with Crippen LogP contribution in [0.1, 0.15) is 29.6 Å². The molecule has 17 heteroatoms. The molecule has 1 aromatic heterocycles. The van der Waals surface area contributed by atoms with Crippen LogP contribution in [-0.4, -0.2) is 113 Å². The number of Topliss-reactive ketones (excluding diaryl/α,β-unsaturated/α-hetero) is 1. The van der Waals surface area contributed by atoms with E-state index in [4.69, 9.17) is 33.9 Å². The van der Waals surface area contributed by atoms with Gasteiger partial charge < -0.3 is 39.2 Å². The average molecular weight is 656 g/mol. The third-order valence-corrected chi connectivity index (χ3v) is 6.86. The number of amides is 1. The number of rotatable bonds is 25. The SMILES string of the molecule is O=C(O)CCOc1ccc(S(=O)(=O)Nc2ccc(C(=O)NCCOCCOCC(=O)CCCOCCOCC(=O)O)cn2)cc1. The first-order valence-corrected chi connectivity index (χ1v) is 15.3. The Morgan fingerprint density at radius 3 is 2.04 bits per heavy atom. The summed E-state index contributed by atoms with van der Waals surface area (Å²) in [6.45, 7) is 1.10. The van der Waals surface area contributed by atoms with Gasteiger partial charge in [-0.15, -0.1) is 0 Å². The molecule has 0 saturated heterocycles. The van der Waals surface area contributed by atoms with E-state index in [2.05, 4.69) is 15.0 Å². The van der Waals surface area contributed by atoms with Gasteiger partial charge in [-0.3, -0.25) is 19.1 Å². The highest BCUT2D eigenvalue weighted by molar-refractivity contribution is 7.92. The molecule has 0 aliphatic heterocycles. The van der Waals surface area contributed by atoms with Gasteiger partial charge >= 0.3 is 11.9 Å². The molecule has 248 valence electrons. The molecule has 1 heterocycles. The number of ketones is 1. The highest BCUT2D eigenvalue weighted by atomic mass is 32.2. The molecule has 1 aromatic carbocycles. The molecule has 0 unspecified atom stereocenters. The molecule has 1 amide bonds. The highest BCUT2D eigenvalue weighted by Crippen LogP contribution is 2.19. The summed E-state index contributed by atoms with van der Waals surface area (Å²) in [7, 11) is -3.97. The fourth-order valence-corrected chi connectivity index (χ4v) is 4.33. The molecule has 0 saturated carbocycles. The zero-order valence-electron chi connectivity index (χ0n) is 24.5. The first-order valence-electron chi connectivity index (χ1n) is 13.8. The number of benzene rings is 1. The lowest BCUT2D eigenvalue weighted by molar-refractivity contribution is -0.143. The zero-order chi connectivity index (χ0) is 32.9. The molecule has 0 spiro atoms. The second-order valence-corrected chi connectivity index (χ2v) is 10.8. The van der Waals surface area contributed by atoms with Crippen LogP contribution in [0.5, 0.6) is 5.75 Å². The Kier molecular flexibility index (Phi) is 17.1. The van der Waals surface area contributed by atoms with Crippen molar-refractivity contribution in [1.82, 2.24) is 10.3 Å². The van der Waals surface area contributed by atoms with Crippen LogP contribution in [0.2, 0.25) is 0 Å². The Morgan fingerprint density at radius 2 is 1.40 bits per heavy atom. The number of carbonyl (C=O) groups is 4. The van der Waals surface area contributed by atoms with Crippen molar-refractivity contribution in [2.24, 2.45) is 0 Å². The van der Waals surface area contributed by atoms with Crippen molar-refractivity contribution in [3.63, 3.8) is 0 Å². The van der Waals surface area contributed by atoms with Gasteiger partial charge in [-0.05, 0) is 42.8 Å². The summed E-state index contributed by atoms with van der Waals surface area (Å²) in [6, 6.07) is 8.18. The summed E-state index contributed by atoms with van der Waals surface area (Å²) in [5.74, 6) is -2.25. The molecule has 0 radical (unpaired) electrons. The summed E-state index contributed by atoms with van der Waals surface area (Å²) < 4.78 is 53.5. The number of anilines is 1. The number of aromatic nitrogens is 1. The second kappa shape index (κ2) is 20.7. The fraction of sp³-hybridized carbons (Fsp3) is 0.464. The maximum absolute atomic E-state index is 12.6. The summed E-state index contributed by atoms with van der Waals surface area (Å²) >= 11 is 0. The van der Waals surface area contributed by atoms with Crippen LogP contribution in [-0.2, 0) is 43.4 Å². The largest absolute Gasteiger partial charge is 0.493 e. The number of pyridine rings is 1. The van der Waals surface area contributed by atoms with Crippen molar-refractivity contribution >= 4 is 39.5 Å². The number of ether oxygens (including phenoxy) is 5. The van der Waals surface area contributed by atoms with E-state index in [0.29, 0.717) is 18.8 Å². The van der Waals surface area contributed by atoms with Gasteiger partial charge in [-0.2, -0.15) is 0 Å². The third-order valence-electron chi connectivity index (χ3n) is 5.49. The second-order valence-electron chi connectivity index (χ2n) is 9.12. The molecule has 0 bridgehead atoms. The maximum Gasteiger partial charge on any atom is 0.329 e. The first-order chi connectivity index (χ1) is 21.6. The van der Waals surface area contributed by atoms with Crippen molar-refractivity contribution in [2.75, 3.05) is 70.7 Å². The van der Waals surface area contributed by atoms with Crippen molar-refractivity contribution in [3.05, 3.63) is 48.2 Å². The van der Waals surface area contributed by atoms with Crippen molar-refractivity contribution in [2.45, 2.75) is 24.2 Å². The lowest BCUT2D eigenvalue weighted by Crippen LogP contribution is -2.28. The molecule has 4 N–H and O–H groups in total. The van der Waals surface area contributed by atoms with Crippen molar-refractivity contribution in [3.8, 4) is 5.75 Å². The normalized spacial score (nSPS) is 11.1. The van der Waals surface area contributed by atoms with Gasteiger partial charge in [-0.25, -0.2) is 18.2 Å². The predicted molar refractivity (Wildman–Crippen MR) is 157 cm³/mol. The Hall–Kier alpha value is -4.16. The van der Waals surface area contributed by atoms with Crippen LogP contribution in [0, 0.1) is 0 Å². The average Bonchev–Trinajstić information content (AvgIpc) is 2.99. The van der Waals surface area contributed by atoms with Crippen molar-refractivity contribution in [1.29, 1.82) is 0 Å². The molecular weight excluding hydrogens is 618 g/mol. The number of hydrogen-bond acceptors (Lipinski definition) is 12. The molecule has 0 atom stereocenters. The minimum Gasteiger partial charge on any atom is -0.493 e. The van der Waals surface area contributed by atoms with Crippen LogP contribution >= 0.6 is 0 Å². The summed E-state index contributed by atoms with van der Waals surface area (Å²) in [5, 5.41) is 19.7. The van der Waals surface area contributed by atoms with Crippen LogP contribution in [0.4, 0.5) is 5.82 Å². The lowest BCUT2D eigenvalue weighted by atomic mass is 10.2. The number of carboxylic acids is 2. The molecule has 2 aromatic rings. The van der Waals surface area contributed by atoms with Crippen LogP contribution in [0.25, 0.3) is 0 Å². The first kappa shape index (κ1) is 37.0. The Bertz CT molecular complexity index is 1320. The van der Waals surface area contributed by atoms with Gasteiger partial charge in [0, 0.05) is 25.8 Å². The molecule has 2 rings (SSSR count). The highest BCUT2D eigenvalue weighted by Gasteiger charge is 2.16. The number of hydrogen-bond donors (Lipinski definition) is 4. The zero-order valence-corrected chi connectivity index (χ0v) is 25.3. The van der Waals surface area contributed by atoms with Gasteiger partial charge in [0.1, 0.15) is 24.8 Å². The van der Waals surface area contributed by atoms with Gasteiger partial charge in [0.2, 0.25) is 0 Å². The Morgan fingerprint density at radius 1 is 0.733 bits per heavy atom. The smallest absolute Gasteiger partial charge is 0.329 e. The van der Waals surface area contributed by atoms with E-state index in [0.717, 1.165) is 0 Å². The summed E-state index contributed by atoms with van der Waals surface area (Å²) in [5.41, 5.74) is 0.208. The minimum absolute atomic E-state index is 0.00329. The number of carbonyl (C=O) groups excluding carboxylic acids is 2. The number of aliphatic carboxylic acids is 2.